The van der Waals surface area contributed by atoms with Crippen LogP contribution in [0.2, 0.25) is 0 Å². The van der Waals surface area contributed by atoms with Gasteiger partial charge in [-0.2, -0.15) is 0 Å². The molecule has 0 heterocycles. The third kappa shape index (κ3) is 14.4. The molecule has 1 unspecified atom stereocenters. The number of allylic oxidation sites excluding steroid dienone is 1. The minimum Gasteiger partial charge on any atom is -0.481 e. The van der Waals surface area contributed by atoms with Crippen LogP contribution in [0, 0.1) is 5.92 Å². The molecule has 2 N–H and O–H groups in total. The zero-order valence-corrected chi connectivity index (χ0v) is 11.3. The summed E-state index contributed by atoms with van der Waals surface area (Å²) in [5.41, 5.74) is 0.176. The minimum absolute atomic E-state index is 0.161. The lowest BCUT2D eigenvalue weighted by Crippen LogP contribution is -2.04. The maximum atomic E-state index is 10.4. The zero-order valence-electron chi connectivity index (χ0n) is 11.3. The molecule has 1 atom stereocenters. The lowest BCUT2D eigenvalue weighted by atomic mass is 9.98. The molecule has 0 amide bonds. The molecule has 0 spiro atoms. The van der Waals surface area contributed by atoms with Gasteiger partial charge in [-0.05, 0) is 19.3 Å². The standard InChI is InChI=1S/C10H18O2.C4H6O2/c1-3-5-6-7-9(4-2)8-10(11)12;1-3(2)4(5)6/h4,9H,2-3,5-8H2,1H3,(H,11,12);1H2,2H3,(H,5,6). The molecule has 0 aliphatic heterocycles. The summed E-state index contributed by atoms with van der Waals surface area (Å²) in [5, 5.41) is 16.4. The highest BCUT2D eigenvalue weighted by atomic mass is 16.4. The van der Waals surface area contributed by atoms with Crippen molar-refractivity contribution in [1.29, 1.82) is 0 Å². The number of unbranched alkanes of at least 4 members (excludes halogenated alkanes) is 2. The molecule has 18 heavy (non-hydrogen) atoms. The van der Waals surface area contributed by atoms with Gasteiger partial charge >= 0.3 is 11.9 Å². The van der Waals surface area contributed by atoms with Gasteiger partial charge in [-0.25, -0.2) is 4.79 Å². The summed E-state index contributed by atoms with van der Waals surface area (Å²) in [6.07, 6.45) is 6.42. The molecule has 0 aromatic heterocycles. The molecule has 0 saturated carbocycles. The second-order valence-corrected chi connectivity index (χ2v) is 4.17. The summed E-state index contributed by atoms with van der Waals surface area (Å²) < 4.78 is 0. The van der Waals surface area contributed by atoms with E-state index in [4.69, 9.17) is 10.2 Å². The lowest BCUT2D eigenvalue weighted by molar-refractivity contribution is -0.137. The first-order valence-electron chi connectivity index (χ1n) is 6.08. The van der Waals surface area contributed by atoms with Crippen molar-refractivity contribution in [3.05, 3.63) is 24.8 Å². The molecule has 0 aliphatic rings. The monoisotopic (exact) mass is 256 g/mol. The van der Waals surface area contributed by atoms with Crippen molar-refractivity contribution in [2.24, 2.45) is 5.92 Å². The highest BCUT2D eigenvalue weighted by Crippen LogP contribution is 2.14. The van der Waals surface area contributed by atoms with Crippen LogP contribution in [0.15, 0.2) is 24.8 Å². The third-order valence-corrected chi connectivity index (χ3v) is 2.31. The summed E-state index contributed by atoms with van der Waals surface area (Å²) in [4.78, 5) is 20.0. The summed E-state index contributed by atoms with van der Waals surface area (Å²) in [6, 6.07) is 0. The largest absolute Gasteiger partial charge is 0.481 e. The molecular formula is C14H24O4. The smallest absolute Gasteiger partial charge is 0.330 e. The lowest BCUT2D eigenvalue weighted by Gasteiger charge is -2.07. The topological polar surface area (TPSA) is 74.6 Å². The van der Waals surface area contributed by atoms with Gasteiger partial charge in [0.2, 0.25) is 0 Å². The summed E-state index contributed by atoms with van der Waals surface area (Å²) in [5.74, 6) is -1.50. The zero-order chi connectivity index (χ0) is 14.6. The minimum atomic E-state index is -0.935. The quantitative estimate of drug-likeness (QED) is 0.396. The van der Waals surface area contributed by atoms with E-state index in [-0.39, 0.29) is 17.9 Å². The highest BCUT2D eigenvalue weighted by Gasteiger charge is 2.08. The van der Waals surface area contributed by atoms with Crippen molar-refractivity contribution in [2.45, 2.75) is 46.0 Å². The normalized spacial score (nSPS) is 10.8. The summed E-state index contributed by atoms with van der Waals surface area (Å²) in [7, 11) is 0. The van der Waals surface area contributed by atoms with E-state index in [1.54, 1.807) is 6.08 Å². The average Bonchev–Trinajstić information content (AvgIpc) is 2.28. The van der Waals surface area contributed by atoms with Crippen molar-refractivity contribution >= 4 is 11.9 Å². The molecular weight excluding hydrogens is 232 g/mol. The Morgan fingerprint density at radius 2 is 1.78 bits per heavy atom. The van der Waals surface area contributed by atoms with Crippen molar-refractivity contribution in [3.8, 4) is 0 Å². The maximum Gasteiger partial charge on any atom is 0.330 e. The molecule has 0 rings (SSSR count). The predicted molar refractivity (Wildman–Crippen MR) is 72.5 cm³/mol. The van der Waals surface area contributed by atoms with Crippen molar-refractivity contribution in [1.82, 2.24) is 0 Å². The third-order valence-electron chi connectivity index (χ3n) is 2.31. The first-order chi connectivity index (χ1) is 8.34. The van der Waals surface area contributed by atoms with Gasteiger partial charge in [0.05, 0.1) is 6.42 Å². The second kappa shape index (κ2) is 11.9. The fourth-order valence-electron chi connectivity index (χ4n) is 1.18. The van der Waals surface area contributed by atoms with Crippen molar-refractivity contribution < 1.29 is 19.8 Å². The number of aliphatic carboxylic acids is 2. The van der Waals surface area contributed by atoms with Crippen LogP contribution in [-0.4, -0.2) is 22.2 Å². The van der Waals surface area contributed by atoms with Gasteiger partial charge in [0.1, 0.15) is 0 Å². The average molecular weight is 256 g/mol. The van der Waals surface area contributed by atoms with E-state index in [9.17, 15) is 9.59 Å². The SMILES string of the molecule is C=C(C)C(=O)O.C=CC(CCCCC)CC(=O)O. The number of carboxylic acids is 2. The Morgan fingerprint density at radius 3 is 2.06 bits per heavy atom. The Balaban J connectivity index is 0. The van der Waals surface area contributed by atoms with E-state index in [0.717, 1.165) is 12.8 Å². The molecule has 0 bridgehead atoms. The Hall–Kier alpha value is -1.58. The van der Waals surface area contributed by atoms with E-state index in [1.807, 2.05) is 0 Å². The number of carboxylic acid groups (broad SMARTS) is 2. The van der Waals surface area contributed by atoms with Crippen LogP contribution in [0.4, 0.5) is 0 Å². The van der Waals surface area contributed by atoms with Crippen LogP contribution < -0.4 is 0 Å². The van der Waals surface area contributed by atoms with Gasteiger partial charge in [0, 0.05) is 5.57 Å². The number of hydrogen-bond acceptors (Lipinski definition) is 2. The Morgan fingerprint density at radius 1 is 1.28 bits per heavy atom. The summed E-state index contributed by atoms with van der Waals surface area (Å²) in [6.45, 7) is 10.4. The number of carbonyl (C=O) groups is 2. The first-order valence-corrected chi connectivity index (χ1v) is 6.08. The van der Waals surface area contributed by atoms with Crippen molar-refractivity contribution in [3.63, 3.8) is 0 Å². The molecule has 0 saturated heterocycles. The van der Waals surface area contributed by atoms with E-state index in [0.29, 0.717) is 0 Å². The van der Waals surface area contributed by atoms with Gasteiger partial charge in [0.15, 0.2) is 0 Å². The Bertz CT molecular complexity index is 270. The van der Waals surface area contributed by atoms with E-state index in [2.05, 4.69) is 20.1 Å². The molecule has 0 aromatic rings. The summed E-state index contributed by atoms with van der Waals surface area (Å²) >= 11 is 0. The molecule has 4 nitrogen and oxygen atoms in total. The molecule has 0 aliphatic carbocycles. The highest BCUT2D eigenvalue weighted by molar-refractivity contribution is 5.84. The fraction of sp³-hybridized carbons (Fsp3) is 0.571. The van der Waals surface area contributed by atoms with Gasteiger partial charge < -0.3 is 10.2 Å². The Labute approximate surface area is 109 Å². The number of hydrogen-bond donors (Lipinski definition) is 2. The van der Waals surface area contributed by atoms with E-state index < -0.39 is 11.9 Å². The van der Waals surface area contributed by atoms with Crippen LogP contribution in [0.3, 0.4) is 0 Å². The predicted octanol–water partition coefficient (Wildman–Crippen LogP) is 3.49. The molecule has 0 fully saturated rings. The molecule has 4 heteroatoms. The molecule has 0 aromatic carbocycles. The van der Waals surface area contributed by atoms with E-state index in [1.165, 1.54) is 19.8 Å². The Kier molecular flexibility index (Phi) is 12.4. The number of rotatable bonds is 8. The van der Waals surface area contributed by atoms with Crippen LogP contribution in [-0.2, 0) is 9.59 Å². The van der Waals surface area contributed by atoms with Crippen LogP contribution >= 0.6 is 0 Å². The van der Waals surface area contributed by atoms with Gasteiger partial charge in [-0.3, -0.25) is 4.79 Å². The first kappa shape index (κ1) is 18.8. The molecule has 104 valence electrons. The van der Waals surface area contributed by atoms with Crippen LogP contribution in [0.1, 0.15) is 46.0 Å². The van der Waals surface area contributed by atoms with Gasteiger partial charge in [-0.1, -0.05) is 38.8 Å². The van der Waals surface area contributed by atoms with Crippen LogP contribution in [0.5, 0.6) is 0 Å². The fourth-order valence-corrected chi connectivity index (χ4v) is 1.18. The maximum absolute atomic E-state index is 10.4. The van der Waals surface area contributed by atoms with Gasteiger partial charge in [-0.15, -0.1) is 6.58 Å². The molecule has 0 radical (unpaired) electrons. The van der Waals surface area contributed by atoms with Crippen molar-refractivity contribution in [2.75, 3.05) is 0 Å². The van der Waals surface area contributed by atoms with Crippen LogP contribution in [0.25, 0.3) is 0 Å². The second-order valence-electron chi connectivity index (χ2n) is 4.17. The van der Waals surface area contributed by atoms with E-state index >= 15 is 0 Å². The van der Waals surface area contributed by atoms with Gasteiger partial charge in [0.25, 0.3) is 0 Å².